The molecule has 1 amide bonds. The summed E-state index contributed by atoms with van der Waals surface area (Å²) < 4.78 is 46.6. The number of aromatic nitrogens is 3. The summed E-state index contributed by atoms with van der Waals surface area (Å²) in [6.07, 6.45) is 2.70. The molecule has 9 nitrogen and oxygen atoms in total. The summed E-state index contributed by atoms with van der Waals surface area (Å²) in [4.78, 5) is 19.7. The molecule has 4 rings (SSSR count). The van der Waals surface area contributed by atoms with E-state index in [0.717, 1.165) is 49.0 Å². The zero-order valence-corrected chi connectivity index (χ0v) is 22.9. The lowest BCUT2D eigenvalue weighted by Gasteiger charge is -2.41. The fourth-order valence-corrected chi connectivity index (χ4v) is 5.30. The van der Waals surface area contributed by atoms with E-state index in [1.165, 1.54) is 12.1 Å². The first-order chi connectivity index (χ1) is 17.3. The largest absolute Gasteiger partial charge is 0.379 e. The van der Waals surface area contributed by atoms with Gasteiger partial charge in [-0.1, -0.05) is 13.8 Å². The summed E-state index contributed by atoms with van der Waals surface area (Å²) >= 11 is 0. The molecular formula is C26H34FN5O4S. The minimum atomic E-state index is -3.80. The molecule has 0 saturated carbocycles. The number of hydrogen-bond donors (Lipinski definition) is 1. The van der Waals surface area contributed by atoms with Crippen LogP contribution in [0.3, 0.4) is 0 Å². The molecule has 37 heavy (non-hydrogen) atoms. The Morgan fingerprint density at radius 1 is 1.19 bits per heavy atom. The van der Waals surface area contributed by atoms with Crippen LogP contribution in [0, 0.1) is 11.7 Å². The number of fused-ring (bicyclic) bond motifs is 1. The van der Waals surface area contributed by atoms with Gasteiger partial charge >= 0.3 is 0 Å². The number of pyridine rings is 1. The van der Waals surface area contributed by atoms with Crippen LogP contribution in [0.4, 0.5) is 10.1 Å². The van der Waals surface area contributed by atoms with Crippen molar-refractivity contribution in [3.63, 3.8) is 0 Å². The van der Waals surface area contributed by atoms with Crippen LogP contribution < -0.4 is 9.62 Å². The molecule has 1 aliphatic rings. The normalized spacial score (nSPS) is 15.5. The number of ether oxygens (including phenoxy) is 1. The van der Waals surface area contributed by atoms with E-state index in [2.05, 4.69) is 23.7 Å². The van der Waals surface area contributed by atoms with Crippen LogP contribution in [0.25, 0.3) is 16.7 Å². The van der Waals surface area contributed by atoms with Crippen molar-refractivity contribution in [2.45, 2.75) is 52.1 Å². The maximum Gasteiger partial charge on any atom is 0.283 e. The number of nitrogens with zero attached hydrogens (tertiary/aromatic N) is 4. The number of nitrogens with one attached hydrogen (secondary N) is 1. The standard InChI is InChI=1S/C26H34FN5O4S/c1-16(2)23-22-21(31-13-11-17(12-14-31)26(3,4)36-5)15-20(25(33)30-37(6,34)35)28-24(22)32(29-23)19-9-7-18(27)8-10-19/h7-10,15-17H,11-14H2,1-6H3,(H,30,33). The molecule has 0 atom stereocenters. The number of benzene rings is 1. The fraction of sp³-hybridized carbons (Fsp3) is 0.500. The zero-order chi connectivity index (χ0) is 27.1. The van der Waals surface area contributed by atoms with Gasteiger partial charge in [-0.05, 0) is 68.9 Å². The maximum atomic E-state index is 13.7. The lowest BCUT2D eigenvalue weighted by Crippen LogP contribution is -2.43. The van der Waals surface area contributed by atoms with E-state index < -0.39 is 15.9 Å². The van der Waals surface area contributed by atoms with Gasteiger partial charge in [-0.15, -0.1) is 0 Å². The Bertz CT molecular complexity index is 1410. The molecule has 3 heterocycles. The SMILES string of the molecule is COC(C)(C)C1CCN(c2cc(C(=O)NS(C)(=O)=O)nc3c2c(C(C)C)nn3-c2ccc(F)cc2)CC1. The Hall–Kier alpha value is -3.05. The number of halogens is 1. The zero-order valence-electron chi connectivity index (χ0n) is 22.1. The van der Waals surface area contributed by atoms with Crippen molar-refractivity contribution in [2.24, 2.45) is 5.92 Å². The lowest BCUT2D eigenvalue weighted by atomic mass is 9.82. The highest BCUT2D eigenvalue weighted by molar-refractivity contribution is 7.89. The van der Waals surface area contributed by atoms with Crippen molar-refractivity contribution in [1.82, 2.24) is 19.5 Å². The van der Waals surface area contributed by atoms with Gasteiger partial charge in [0.15, 0.2) is 5.65 Å². The lowest BCUT2D eigenvalue weighted by molar-refractivity contribution is -0.0357. The summed E-state index contributed by atoms with van der Waals surface area (Å²) in [5.74, 6) is -0.803. The van der Waals surface area contributed by atoms with Gasteiger partial charge in [-0.3, -0.25) is 4.79 Å². The average Bonchev–Trinajstić information content (AvgIpc) is 3.23. The minimum Gasteiger partial charge on any atom is -0.379 e. The van der Waals surface area contributed by atoms with Crippen LogP contribution in [0.1, 0.15) is 62.6 Å². The van der Waals surface area contributed by atoms with E-state index in [-0.39, 0.29) is 23.0 Å². The third kappa shape index (κ3) is 5.62. The molecule has 0 unspecified atom stereocenters. The van der Waals surface area contributed by atoms with E-state index in [0.29, 0.717) is 17.3 Å². The van der Waals surface area contributed by atoms with Gasteiger partial charge in [0.05, 0.1) is 34.3 Å². The van der Waals surface area contributed by atoms with E-state index in [9.17, 15) is 17.6 Å². The Morgan fingerprint density at radius 2 is 1.81 bits per heavy atom. The second kappa shape index (κ2) is 10.0. The van der Waals surface area contributed by atoms with E-state index in [4.69, 9.17) is 9.84 Å². The van der Waals surface area contributed by atoms with E-state index in [1.807, 2.05) is 18.6 Å². The highest BCUT2D eigenvalue weighted by atomic mass is 32.2. The van der Waals surface area contributed by atoms with Gasteiger partial charge in [0.2, 0.25) is 10.0 Å². The molecule has 0 radical (unpaired) electrons. The first-order valence-corrected chi connectivity index (χ1v) is 14.2. The molecule has 200 valence electrons. The number of anilines is 1. The van der Waals surface area contributed by atoms with Crippen LogP contribution in [0.2, 0.25) is 0 Å². The molecule has 0 bridgehead atoms. The molecular weight excluding hydrogens is 497 g/mol. The summed E-state index contributed by atoms with van der Waals surface area (Å²) in [7, 11) is -2.07. The van der Waals surface area contributed by atoms with Gasteiger partial charge in [0, 0.05) is 20.2 Å². The highest BCUT2D eigenvalue weighted by Gasteiger charge is 2.34. The first kappa shape index (κ1) is 27.0. The molecule has 3 aromatic rings. The fourth-order valence-electron chi connectivity index (χ4n) is 4.86. The van der Waals surface area contributed by atoms with Crippen molar-refractivity contribution in [3.8, 4) is 5.69 Å². The number of amides is 1. The molecule has 1 saturated heterocycles. The predicted molar refractivity (Wildman–Crippen MR) is 141 cm³/mol. The molecule has 0 spiro atoms. The number of hydrogen-bond acceptors (Lipinski definition) is 7. The number of carbonyl (C=O) groups is 1. The van der Waals surface area contributed by atoms with Crippen molar-refractivity contribution in [1.29, 1.82) is 0 Å². The van der Waals surface area contributed by atoms with Gasteiger partial charge in [-0.2, -0.15) is 5.10 Å². The average molecular weight is 532 g/mol. The van der Waals surface area contributed by atoms with Gasteiger partial charge < -0.3 is 9.64 Å². The third-order valence-electron chi connectivity index (χ3n) is 7.12. The molecule has 1 N–H and O–H groups in total. The van der Waals surface area contributed by atoms with Crippen LogP contribution in [-0.4, -0.2) is 61.1 Å². The van der Waals surface area contributed by atoms with Crippen molar-refractivity contribution in [3.05, 3.63) is 47.5 Å². The number of methoxy groups -OCH3 is 1. The highest BCUT2D eigenvalue weighted by Crippen LogP contribution is 2.38. The van der Waals surface area contributed by atoms with E-state index in [1.54, 1.807) is 30.0 Å². The molecule has 1 fully saturated rings. The summed E-state index contributed by atoms with van der Waals surface area (Å²) in [5.41, 5.74) is 2.26. The number of piperidine rings is 1. The number of rotatable bonds is 7. The van der Waals surface area contributed by atoms with Gasteiger partial charge in [0.25, 0.3) is 5.91 Å². The Kier molecular flexibility index (Phi) is 7.31. The maximum absolute atomic E-state index is 13.7. The molecule has 0 aliphatic carbocycles. The number of carbonyl (C=O) groups excluding carboxylic acids is 1. The predicted octanol–water partition coefficient (Wildman–Crippen LogP) is 4.01. The summed E-state index contributed by atoms with van der Waals surface area (Å²) in [5, 5.41) is 5.61. The number of sulfonamides is 1. The monoisotopic (exact) mass is 531 g/mol. The third-order valence-corrected chi connectivity index (χ3v) is 7.67. The summed E-state index contributed by atoms with van der Waals surface area (Å²) in [6.45, 7) is 9.69. The quantitative estimate of drug-likeness (QED) is 0.491. The molecule has 1 aromatic carbocycles. The van der Waals surface area contributed by atoms with Crippen LogP contribution >= 0.6 is 0 Å². The van der Waals surface area contributed by atoms with Crippen LogP contribution in [0.15, 0.2) is 30.3 Å². The first-order valence-electron chi connectivity index (χ1n) is 12.3. The minimum absolute atomic E-state index is 0.0328. The molecule has 2 aromatic heterocycles. The van der Waals surface area contributed by atoms with Gasteiger partial charge in [0.1, 0.15) is 11.5 Å². The molecule has 1 aliphatic heterocycles. The Morgan fingerprint density at radius 3 is 2.35 bits per heavy atom. The van der Waals surface area contributed by atoms with E-state index >= 15 is 0 Å². The van der Waals surface area contributed by atoms with Crippen LogP contribution in [0.5, 0.6) is 0 Å². The topological polar surface area (TPSA) is 106 Å². The second-order valence-corrected chi connectivity index (χ2v) is 12.2. The molecule has 11 heteroatoms. The van der Waals surface area contributed by atoms with Crippen molar-refractivity contribution < 1.29 is 22.3 Å². The smallest absolute Gasteiger partial charge is 0.283 e. The van der Waals surface area contributed by atoms with Crippen molar-refractivity contribution >= 4 is 32.7 Å². The second-order valence-electron chi connectivity index (χ2n) is 10.4. The van der Waals surface area contributed by atoms with Gasteiger partial charge in [-0.25, -0.2) is 27.2 Å². The Balaban J connectivity index is 1.89. The van der Waals surface area contributed by atoms with Crippen molar-refractivity contribution in [2.75, 3.05) is 31.4 Å². The Labute approximate surface area is 217 Å². The summed E-state index contributed by atoms with van der Waals surface area (Å²) in [6, 6.07) is 7.50. The van der Waals surface area contributed by atoms with Crippen LogP contribution in [-0.2, 0) is 14.8 Å².